The highest BCUT2D eigenvalue weighted by atomic mass is 32.1. The highest BCUT2D eigenvalue weighted by molar-refractivity contribution is 7.20. The van der Waals surface area contributed by atoms with E-state index in [-0.39, 0.29) is 0 Å². The quantitative estimate of drug-likeness (QED) is 0.142. The van der Waals surface area contributed by atoms with Crippen LogP contribution >= 0.6 is 11.3 Å². The van der Waals surface area contributed by atoms with Gasteiger partial charge in [0.1, 0.15) is 34.4 Å². The SMILES string of the molecule is Cn1c2[n+](c3c1cc1cccnn13)Cc1ccncc1-2.[2H]C([2H])([2H])n1c2[n+](c3c1cc1cccnn13)Cc1ccncc1-2.c1ccc(-n2c3[n+](c4c2cc2cccnn24)Cc2ccncc2-3)cc1.c1cnc2cc3c(sc4[n+]3Cc3ccncc3-4)n2c1.c1cnn2c(c1)cc1oc3[n+](c12)Cc1ccncc1-3. The zero-order valence-corrected chi connectivity index (χ0v) is 55.5. The van der Waals surface area contributed by atoms with Gasteiger partial charge in [-0.05, 0) is 108 Å². The maximum Gasteiger partial charge on any atom is 0.354 e. The monoisotopic (exact) mass is 1370 g/mol. The van der Waals surface area contributed by atoms with E-state index < -0.39 is 6.98 Å². The number of hydrogen-bond acceptors (Lipinski definition) is 12. The number of oxazole rings is 1. The number of thiazole rings is 1. The van der Waals surface area contributed by atoms with Gasteiger partial charge in [0.15, 0.2) is 33.4 Å². The molecule has 5 aliphatic heterocycles. The molecule has 26 rings (SSSR count). The van der Waals surface area contributed by atoms with Gasteiger partial charge in [-0.15, -0.1) is 28.8 Å². The van der Waals surface area contributed by atoms with Gasteiger partial charge in [-0.2, -0.15) is 9.13 Å². The Hall–Kier alpha value is -13.8. The average molecular weight is 1370 g/mol. The van der Waals surface area contributed by atoms with Crippen molar-refractivity contribution in [2.75, 3.05) is 0 Å². The number of benzene rings is 1. The van der Waals surface area contributed by atoms with E-state index >= 15 is 0 Å². The van der Waals surface area contributed by atoms with Crippen LogP contribution in [0.25, 0.3) is 145 Å². The number of aromatic nitrogens is 23. The molecule has 21 aromatic rings. The second-order valence-electron chi connectivity index (χ2n) is 26.0. The lowest BCUT2D eigenvalue weighted by molar-refractivity contribution is -0.651. The minimum atomic E-state index is -2.28. The van der Waals surface area contributed by atoms with Gasteiger partial charge >= 0.3 is 5.65 Å². The van der Waals surface area contributed by atoms with Gasteiger partial charge < -0.3 is 4.42 Å². The maximum atomic E-state index is 7.99. The van der Waals surface area contributed by atoms with Crippen LogP contribution in [-0.2, 0) is 46.7 Å². The molecule has 1 aromatic carbocycles. The summed E-state index contributed by atoms with van der Waals surface area (Å²) in [5, 5.41) is 19.2. The Morgan fingerprint density at radius 2 is 0.883 bits per heavy atom. The van der Waals surface area contributed by atoms with Crippen LogP contribution in [0.5, 0.6) is 0 Å². The first-order chi connectivity index (χ1) is 52.1. The van der Waals surface area contributed by atoms with E-state index in [1.807, 2.05) is 170 Å². The van der Waals surface area contributed by atoms with Crippen molar-refractivity contribution in [3.8, 4) is 61.9 Å². The number of nitrogens with zero attached hydrogens (tertiary/aromatic N) is 23. The average Bonchev–Trinajstić information content (AvgIpc) is 1.56. The highest BCUT2D eigenvalue weighted by Crippen LogP contribution is 2.39. The Labute approximate surface area is 590 Å². The summed E-state index contributed by atoms with van der Waals surface area (Å²) >= 11 is 1.81. The van der Waals surface area contributed by atoms with Crippen molar-refractivity contribution in [1.29, 1.82) is 0 Å². The smallest absolute Gasteiger partial charge is 0.354 e. The van der Waals surface area contributed by atoms with E-state index in [4.69, 9.17) is 8.53 Å². The second kappa shape index (κ2) is 21.8. The highest BCUT2D eigenvalue weighted by Gasteiger charge is 2.39. The first-order valence-electron chi connectivity index (χ1n) is 35.1. The van der Waals surface area contributed by atoms with Crippen LogP contribution in [0.15, 0.2) is 249 Å². The molecule has 0 saturated carbocycles. The molecule has 0 unspecified atom stereocenters. The Morgan fingerprint density at radius 1 is 0.417 bits per heavy atom. The first-order valence-corrected chi connectivity index (χ1v) is 34.4. The fourth-order valence-corrected chi connectivity index (χ4v) is 17.2. The van der Waals surface area contributed by atoms with Gasteiger partial charge in [0.05, 0.1) is 96.4 Å². The Morgan fingerprint density at radius 3 is 1.48 bits per heavy atom. The Balaban J connectivity index is 0.0000000830. The predicted molar refractivity (Wildman–Crippen MR) is 384 cm³/mol. The van der Waals surface area contributed by atoms with Crippen LogP contribution in [0, 0.1) is 0 Å². The number of hydrogen-bond donors (Lipinski definition) is 0. The van der Waals surface area contributed by atoms with Crippen LogP contribution in [0.3, 0.4) is 0 Å². The summed E-state index contributed by atoms with van der Waals surface area (Å²) in [4.78, 5) is 26.9. The summed E-state index contributed by atoms with van der Waals surface area (Å²) in [7, 11) is 2.11. The molecule has 0 atom stereocenters. The third-order valence-corrected chi connectivity index (χ3v) is 21.6. The second-order valence-corrected chi connectivity index (χ2v) is 26.9. The molecule has 24 nitrogen and oxygen atoms in total. The zero-order chi connectivity index (χ0) is 70.2. The molecule has 0 N–H and O–H groups in total. The fourth-order valence-electron chi connectivity index (χ4n) is 15.9. The normalized spacial score (nSPS) is 13.5. The molecule has 0 amide bonds. The van der Waals surface area contributed by atoms with E-state index in [0.717, 1.165) is 116 Å². The fraction of sp³-hybridized carbons (Fsp3) is 0.0897. The third kappa shape index (κ3) is 8.35. The molecule has 0 saturated heterocycles. The summed E-state index contributed by atoms with van der Waals surface area (Å²) in [6.07, 6.45) is 29.7. The summed E-state index contributed by atoms with van der Waals surface area (Å²) in [5.74, 6) is 3.91. The van der Waals surface area contributed by atoms with Gasteiger partial charge in [-0.3, -0.25) is 38.5 Å². The Bertz CT molecular complexity index is 7230. The number of imidazole rings is 3. The third-order valence-electron chi connectivity index (χ3n) is 20.4. The summed E-state index contributed by atoms with van der Waals surface area (Å²) in [6.45, 7) is 1.81. The number of pyridine rings is 5. The minimum Gasteiger partial charge on any atom is -0.413 e. The lowest BCUT2D eigenvalue weighted by atomic mass is 10.1. The molecule has 0 aliphatic carbocycles. The molecule has 0 radical (unpaired) electrons. The molecule has 0 fully saturated rings. The van der Waals surface area contributed by atoms with E-state index in [1.165, 1.54) is 76.0 Å². The predicted octanol–water partition coefficient (Wildman–Crippen LogP) is 10.1. The molecule has 0 spiro atoms. The van der Waals surface area contributed by atoms with E-state index in [9.17, 15) is 0 Å². The van der Waals surface area contributed by atoms with Gasteiger partial charge in [0.2, 0.25) is 28.6 Å². The van der Waals surface area contributed by atoms with Crippen molar-refractivity contribution >= 4 is 94.1 Å². The summed E-state index contributed by atoms with van der Waals surface area (Å²) in [6, 6.07) is 49.0. The molecule has 25 heterocycles. The number of aryl methyl sites for hydroxylation is 2. The minimum absolute atomic E-state index is 0.620. The van der Waals surface area contributed by atoms with Gasteiger partial charge in [-0.25, -0.2) is 23.3 Å². The van der Waals surface area contributed by atoms with Crippen molar-refractivity contribution in [1.82, 2.24) is 86.5 Å². The van der Waals surface area contributed by atoms with Crippen LogP contribution < -0.4 is 22.8 Å². The molecular weight excluding hydrogens is 1310 g/mol. The van der Waals surface area contributed by atoms with Crippen LogP contribution in [0.4, 0.5) is 0 Å². The zero-order valence-electron chi connectivity index (χ0n) is 57.7. The lowest BCUT2D eigenvalue weighted by Gasteiger charge is -2.03. The van der Waals surface area contributed by atoms with Crippen LogP contribution in [-0.4, -0.2) is 86.5 Å². The maximum absolute atomic E-state index is 7.99. The summed E-state index contributed by atoms with van der Waals surface area (Å²) < 4.78 is 57.0. The number of para-hydroxylation sites is 1. The van der Waals surface area contributed by atoms with Crippen LogP contribution in [0.1, 0.15) is 31.9 Å². The summed E-state index contributed by atoms with van der Waals surface area (Å²) in [5.41, 5.74) is 27.4. The lowest BCUT2D eigenvalue weighted by Crippen LogP contribution is -2.32. The van der Waals surface area contributed by atoms with Crippen molar-refractivity contribution in [2.24, 2.45) is 14.0 Å². The molecule has 20 aromatic heterocycles. The Kier molecular flexibility index (Phi) is 11.5. The van der Waals surface area contributed by atoms with Crippen LogP contribution in [0.2, 0.25) is 0 Å². The standard InChI is InChI=1S/C20H14N5.2C15H12N5.C14H9N4O.C14H9N4S/c1-2-5-15(6-3-1)24-18-11-16-7-4-9-22-25(16)20(18)23-13-14-8-10-21-12-17(14)19(23)24;2*1-18-13-7-11-3-2-5-17-20(11)15(13)19-9-10-4-6-16-8-12(10)14(18)19;1-2-10-6-12-13(18(10)16-4-1)17-8-9-3-5-15-7-11(9)14(17)19-12;1-3-16-12-6-11-14(17(12)5-1)19-13-10-7-15-4-2-9(10)8-18(11)13/h1-12H,13H2;2*2-8H,9H2,1H3;2*1-7H,8H2/q5*+1/i;1D3;;;. The van der Waals surface area contributed by atoms with Crippen molar-refractivity contribution < 1.29 is 31.4 Å². The molecule has 0 bridgehead atoms. The molecule has 5 aliphatic rings. The van der Waals surface area contributed by atoms with Gasteiger partial charge in [-0.1, -0.05) is 27.8 Å². The largest absolute Gasteiger partial charge is 0.413 e. The van der Waals surface area contributed by atoms with Crippen molar-refractivity contribution in [3.05, 3.63) is 273 Å². The van der Waals surface area contributed by atoms with E-state index in [2.05, 4.69) is 168 Å². The molecule has 490 valence electrons. The van der Waals surface area contributed by atoms with E-state index in [1.54, 1.807) is 29.3 Å². The van der Waals surface area contributed by atoms with Gasteiger partial charge in [0, 0.05) is 126 Å². The van der Waals surface area contributed by atoms with Crippen molar-refractivity contribution in [3.63, 3.8) is 0 Å². The van der Waals surface area contributed by atoms with Gasteiger partial charge in [0.25, 0.3) is 27.8 Å². The van der Waals surface area contributed by atoms with E-state index in [0.29, 0.717) is 17.9 Å². The molecular formula is C78H56N23OS+5. The number of fused-ring (bicyclic) bond motifs is 35. The van der Waals surface area contributed by atoms with Crippen molar-refractivity contribution in [2.45, 2.75) is 32.7 Å². The number of rotatable bonds is 1. The molecule has 103 heavy (non-hydrogen) atoms. The first kappa shape index (κ1) is 54.1. The topological polar surface area (TPSA) is 198 Å². The molecule has 25 heteroatoms.